The SMILES string of the molecule is Nc1ccc2c(Nc3ccc(I)cc3)ncnc2c1. The van der Waals surface area contributed by atoms with E-state index in [0.717, 1.165) is 22.4 Å². The van der Waals surface area contributed by atoms with Crippen molar-refractivity contribution in [1.82, 2.24) is 9.97 Å². The Labute approximate surface area is 124 Å². The van der Waals surface area contributed by atoms with E-state index < -0.39 is 0 Å². The van der Waals surface area contributed by atoms with Crippen LogP contribution < -0.4 is 11.1 Å². The van der Waals surface area contributed by atoms with E-state index in [4.69, 9.17) is 5.73 Å². The first-order valence-electron chi connectivity index (χ1n) is 5.75. The van der Waals surface area contributed by atoms with Gasteiger partial charge in [0.2, 0.25) is 0 Å². The zero-order valence-corrected chi connectivity index (χ0v) is 12.1. The number of fused-ring (bicyclic) bond motifs is 1. The summed E-state index contributed by atoms with van der Waals surface area (Å²) in [6, 6.07) is 13.8. The van der Waals surface area contributed by atoms with Gasteiger partial charge in [0.05, 0.1) is 5.52 Å². The maximum atomic E-state index is 5.76. The lowest BCUT2D eigenvalue weighted by atomic mass is 10.2. The van der Waals surface area contributed by atoms with Crippen molar-refractivity contribution in [1.29, 1.82) is 0 Å². The molecular formula is C14H11IN4. The predicted molar refractivity (Wildman–Crippen MR) is 86.4 cm³/mol. The third kappa shape index (κ3) is 2.60. The number of rotatable bonds is 2. The van der Waals surface area contributed by atoms with E-state index in [9.17, 15) is 0 Å². The van der Waals surface area contributed by atoms with E-state index in [1.54, 1.807) is 0 Å². The van der Waals surface area contributed by atoms with Crippen LogP contribution in [0.15, 0.2) is 48.8 Å². The molecule has 5 heteroatoms. The van der Waals surface area contributed by atoms with Gasteiger partial charge in [-0.2, -0.15) is 0 Å². The number of hydrogen-bond acceptors (Lipinski definition) is 4. The fourth-order valence-corrected chi connectivity index (χ4v) is 2.20. The molecule has 94 valence electrons. The molecule has 1 aromatic heterocycles. The number of aromatic nitrogens is 2. The van der Waals surface area contributed by atoms with Crippen LogP contribution in [0.4, 0.5) is 17.2 Å². The van der Waals surface area contributed by atoms with Crippen molar-refractivity contribution in [3.05, 3.63) is 52.4 Å². The van der Waals surface area contributed by atoms with Crippen LogP contribution in [-0.2, 0) is 0 Å². The molecule has 0 atom stereocenters. The summed E-state index contributed by atoms with van der Waals surface area (Å²) in [5, 5.41) is 4.25. The quantitative estimate of drug-likeness (QED) is 0.541. The van der Waals surface area contributed by atoms with Gasteiger partial charge in [-0.3, -0.25) is 0 Å². The standard InChI is InChI=1S/C14H11IN4/c15-9-1-4-11(5-2-9)19-14-12-6-3-10(16)7-13(12)17-8-18-14/h1-8H,16H2,(H,17,18,19). The van der Waals surface area contributed by atoms with E-state index in [2.05, 4.69) is 37.9 Å². The lowest BCUT2D eigenvalue weighted by Crippen LogP contribution is -1.96. The average Bonchev–Trinajstić information content (AvgIpc) is 2.41. The van der Waals surface area contributed by atoms with Gasteiger partial charge in [-0.15, -0.1) is 0 Å². The number of nitrogen functional groups attached to an aromatic ring is 1. The highest BCUT2D eigenvalue weighted by Crippen LogP contribution is 2.24. The zero-order chi connectivity index (χ0) is 13.2. The highest BCUT2D eigenvalue weighted by atomic mass is 127. The summed E-state index contributed by atoms with van der Waals surface area (Å²) in [7, 11) is 0. The van der Waals surface area contributed by atoms with Gasteiger partial charge < -0.3 is 11.1 Å². The summed E-state index contributed by atoms with van der Waals surface area (Å²) >= 11 is 2.28. The number of benzene rings is 2. The Kier molecular flexibility index (Phi) is 3.20. The van der Waals surface area contributed by atoms with Crippen LogP contribution in [0.25, 0.3) is 10.9 Å². The van der Waals surface area contributed by atoms with Gasteiger partial charge in [0.15, 0.2) is 0 Å². The van der Waals surface area contributed by atoms with Crippen LogP contribution in [0.2, 0.25) is 0 Å². The van der Waals surface area contributed by atoms with Gasteiger partial charge >= 0.3 is 0 Å². The van der Waals surface area contributed by atoms with Crippen LogP contribution in [0, 0.1) is 3.57 Å². The van der Waals surface area contributed by atoms with Crippen molar-refractivity contribution in [3.8, 4) is 0 Å². The Morgan fingerprint density at radius 3 is 2.58 bits per heavy atom. The molecular weight excluding hydrogens is 351 g/mol. The molecule has 3 aromatic rings. The van der Waals surface area contributed by atoms with Crippen LogP contribution in [-0.4, -0.2) is 9.97 Å². The van der Waals surface area contributed by atoms with Crippen LogP contribution >= 0.6 is 22.6 Å². The molecule has 0 aliphatic rings. The van der Waals surface area contributed by atoms with E-state index in [0.29, 0.717) is 5.69 Å². The molecule has 3 rings (SSSR count). The average molecular weight is 362 g/mol. The maximum absolute atomic E-state index is 5.76. The predicted octanol–water partition coefficient (Wildman–Crippen LogP) is 3.56. The van der Waals surface area contributed by atoms with Crippen molar-refractivity contribution in [3.63, 3.8) is 0 Å². The van der Waals surface area contributed by atoms with Gasteiger partial charge in [-0.05, 0) is 65.1 Å². The van der Waals surface area contributed by atoms with Gasteiger partial charge in [0, 0.05) is 20.3 Å². The van der Waals surface area contributed by atoms with E-state index in [1.807, 2.05) is 42.5 Å². The van der Waals surface area contributed by atoms with Crippen molar-refractivity contribution in [2.45, 2.75) is 0 Å². The first kappa shape index (κ1) is 12.2. The largest absolute Gasteiger partial charge is 0.399 e. The molecule has 0 saturated carbocycles. The number of halogens is 1. The fraction of sp³-hybridized carbons (Fsp3) is 0. The maximum Gasteiger partial charge on any atom is 0.141 e. The lowest BCUT2D eigenvalue weighted by Gasteiger charge is -2.08. The topological polar surface area (TPSA) is 63.8 Å². The molecule has 19 heavy (non-hydrogen) atoms. The highest BCUT2D eigenvalue weighted by Gasteiger charge is 2.04. The summed E-state index contributed by atoms with van der Waals surface area (Å²) in [5.41, 5.74) is 8.30. The number of nitrogens with two attached hydrogens (primary N) is 1. The molecule has 2 aromatic carbocycles. The van der Waals surface area contributed by atoms with Gasteiger partial charge in [0.25, 0.3) is 0 Å². The molecule has 0 saturated heterocycles. The third-order valence-corrected chi connectivity index (χ3v) is 3.49. The summed E-state index contributed by atoms with van der Waals surface area (Å²) < 4.78 is 1.20. The monoisotopic (exact) mass is 362 g/mol. The number of hydrogen-bond donors (Lipinski definition) is 2. The van der Waals surface area contributed by atoms with Gasteiger partial charge in [-0.25, -0.2) is 9.97 Å². The molecule has 0 radical (unpaired) electrons. The summed E-state index contributed by atoms with van der Waals surface area (Å²) in [6.45, 7) is 0. The number of anilines is 3. The highest BCUT2D eigenvalue weighted by molar-refractivity contribution is 14.1. The van der Waals surface area contributed by atoms with Crippen LogP contribution in [0.1, 0.15) is 0 Å². The Morgan fingerprint density at radius 1 is 1.00 bits per heavy atom. The van der Waals surface area contributed by atoms with Crippen LogP contribution in [0.5, 0.6) is 0 Å². The molecule has 0 unspecified atom stereocenters. The van der Waals surface area contributed by atoms with E-state index in [1.165, 1.54) is 9.90 Å². The molecule has 0 fully saturated rings. The Balaban J connectivity index is 2.03. The summed E-state index contributed by atoms with van der Waals surface area (Å²) in [5.74, 6) is 0.784. The van der Waals surface area contributed by atoms with Crippen molar-refractivity contribution in [2.75, 3.05) is 11.1 Å². The van der Waals surface area contributed by atoms with Crippen molar-refractivity contribution >= 4 is 50.7 Å². The van der Waals surface area contributed by atoms with E-state index >= 15 is 0 Å². The first-order chi connectivity index (χ1) is 9.22. The third-order valence-electron chi connectivity index (χ3n) is 2.77. The van der Waals surface area contributed by atoms with E-state index in [-0.39, 0.29) is 0 Å². The van der Waals surface area contributed by atoms with Crippen molar-refractivity contribution in [2.24, 2.45) is 0 Å². The molecule has 0 bridgehead atoms. The zero-order valence-electron chi connectivity index (χ0n) is 9.97. The molecule has 0 amide bonds. The van der Waals surface area contributed by atoms with Crippen molar-refractivity contribution < 1.29 is 0 Å². The van der Waals surface area contributed by atoms with Gasteiger partial charge in [0.1, 0.15) is 12.1 Å². The fourth-order valence-electron chi connectivity index (χ4n) is 1.84. The summed E-state index contributed by atoms with van der Waals surface area (Å²) in [4.78, 5) is 8.52. The lowest BCUT2D eigenvalue weighted by molar-refractivity contribution is 1.22. The molecule has 0 aliphatic heterocycles. The normalized spacial score (nSPS) is 10.6. The molecule has 0 spiro atoms. The van der Waals surface area contributed by atoms with Gasteiger partial charge in [-0.1, -0.05) is 0 Å². The second-order valence-corrected chi connectivity index (χ2v) is 5.38. The Bertz CT molecular complexity index is 725. The molecule has 3 N–H and O–H groups in total. The minimum Gasteiger partial charge on any atom is -0.399 e. The molecule has 1 heterocycles. The molecule has 4 nitrogen and oxygen atoms in total. The number of nitrogens with one attached hydrogen (secondary N) is 1. The van der Waals surface area contributed by atoms with Crippen LogP contribution in [0.3, 0.4) is 0 Å². The minimum atomic E-state index is 0.700. The first-order valence-corrected chi connectivity index (χ1v) is 6.83. The Hall–Kier alpha value is -1.89. The Morgan fingerprint density at radius 2 is 1.79 bits per heavy atom. The summed E-state index contributed by atoms with van der Waals surface area (Å²) in [6.07, 6.45) is 1.54. The second kappa shape index (κ2) is 5.00. The second-order valence-electron chi connectivity index (χ2n) is 4.13. The number of nitrogens with zero attached hydrogens (tertiary/aromatic N) is 2. The molecule has 0 aliphatic carbocycles. The smallest absolute Gasteiger partial charge is 0.141 e. The minimum absolute atomic E-state index is 0.700.